The Labute approximate surface area is 140 Å². The van der Waals surface area contributed by atoms with Gasteiger partial charge in [-0.3, -0.25) is 4.79 Å². The third-order valence-electron chi connectivity index (χ3n) is 3.34. The van der Waals surface area contributed by atoms with E-state index >= 15 is 0 Å². The van der Waals surface area contributed by atoms with Crippen molar-refractivity contribution in [1.29, 1.82) is 0 Å². The van der Waals surface area contributed by atoms with Crippen molar-refractivity contribution in [2.75, 3.05) is 25.0 Å². The first-order valence-electron chi connectivity index (χ1n) is 6.54. The highest BCUT2D eigenvalue weighted by atomic mass is 79.9. The van der Waals surface area contributed by atoms with Crippen molar-refractivity contribution in [2.24, 2.45) is 0 Å². The van der Waals surface area contributed by atoms with Gasteiger partial charge in [-0.05, 0) is 40.9 Å². The molecule has 0 spiro atoms. The predicted molar refractivity (Wildman–Crippen MR) is 87.8 cm³/mol. The van der Waals surface area contributed by atoms with Gasteiger partial charge in [-0.15, -0.1) is 0 Å². The van der Waals surface area contributed by atoms with Crippen LogP contribution in [0.4, 0.5) is 0 Å². The molecule has 20 heavy (non-hydrogen) atoms. The number of carbonyl (C=O) groups excluding carboxylic acids is 1. The van der Waals surface area contributed by atoms with E-state index in [-0.39, 0.29) is 12.0 Å². The molecule has 3 nitrogen and oxygen atoms in total. The molecule has 0 aliphatic carbocycles. The Morgan fingerprint density at radius 2 is 2.10 bits per heavy atom. The molecule has 0 atom stereocenters. The minimum atomic E-state index is -0.00441. The maximum absolute atomic E-state index is 12.5. The number of ether oxygens (including phenoxy) is 1. The van der Waals surface area contributed by atoms with E-state index in [0.717, 1.165) is 29.3 Å². The summed E-state index contributed by atoms with van der Waals surface area (Å²) in [4.78, 5) is 14.3. The topological polar surface area (TPSA) is 29.5 Å². The van der Waals surface area contributed by atoms with Crippen molar-refractivity contribution in [2.45, 2.75) is 18.9 Å². The molecule has 1 fully saturated rings. The van der Waals surface area contributed by atoms with Gasteiger partial charge in [-0.1, -0.05) is 33.6 Å². The lowest BCUT2D eigenvalue weighted by molar-refractivity contribution is 0.0160. The van der Waals surface area contributed by atoms with Gasteiger partial charge in [-0.2, -0.15) is 0 Å². The van der Waals surface area contributed by atoms with Crippen LogP contribution in [0.3, 0.4) is 0 Å². The van der Waals surface area contributed by atoms with E-state index < -0.39 is 0 Å². The zero-order valence-corrected chi connectivity index (χ0v) is 14.9. The molecular weight excluding hydrogens is 409 g/mol. The monoisotopic (exact) mass is 423 g/mol. The fraction of sp³-hybridized carbons (Fsp3) is 0.500. The quantitative estimate of drug-likeness (QED) is 0.680. The summed E-state index contributed by atoms with van der Waals surface area (Å²) in [6.45, 7) is 2.15. The van der Waals surface area contributed by atoms with Crippen LogP contribution in [0.2, 0.25) is 5.02 Å². The molecule has 1 aliphatic heterocycles. The van der Waals surface area contributed by atoms with E-state index in [4.69, 9.17) is 16.3 Å². The molecule has 0 N–H and O–H groups in total. The lowest BCUT2D eigenvalue weighted by Crippen LogP contribution is -2.41. The number of likely N-dealkylation sites (tertiary alicyclic amines) is 1. The second-order valence-corrected chi connectivity index (χ2v) is 6.68. The molecule has 0 aromatic heterocycles. The number of halogens is 3. The van der Waals surface area contributed by atoms with Crippen LogP contribution in [0.15, 0.2) is 22.7 Å². The standard InChI is InChI=1S/C14H16Br2ClNO2/c15-6-9-20-10-4-7-18(8-5-10)14(19)11-2-1-3-12(16)13(11)17/h1-3,10H,4-9H2. The van der Waals surface area contributed by atoms with E-state index in [1.165, 1.54) is 0 Å². The first-order chi connectivity index (χ1) is 9.63. The summed E-state index contributed by atoms with van der Waals surface area (Å²) in [6.07, 6.45) is 2.02. The summed E-state index contributed by atoms with van der Waals surface area (Å²) < 4.78 is 6.44. The number of hydrogen-bond acceptors (Lipinski definition) is 2. The van der Waals surface area contributed by atoms with Gasteiger partial charge >= 0.3 is 0 Å². The lowest BCUT2D eigenvalue weighted by Gasteiger charge is -2.32. The number of benzene rings is 1. The summed E-state index contributed by atoms with van der Waals surface area (Å²) in [5.41, 5.74) is 0.556. The van der Waals surface area contributed by atoms with Crippen LogP contribution >= 0.6 is 43.5 Å². The zero-order chi connectivity index (χ0) is 14.5. The van der Waals surface area contributed by atoms with Gasteiger partial charge < -0.3 is 9.64 Å². The summed E-state index contributed by atoms with van der Waals surface area (Å²) >= 11 is 12.9. The van der Waals surface area contributed by atoms with Crippen molar-refractivity contribution in [3.05, 3.63) is 33.3 Å². The number of alkyl halides is 1. The SMILES string of the molecule is O=C(c1cccc(Br)c1Cl)N1CCC(OCCBr)CC1. The molecule has 1 aliphatic rings. The molecule has 0 radical (unpaired) electrons. The van der Waals surface area contributed by atoms with Crippen LogP contribution in [-0.2, 0) is 4.74 Å². The van der Waals surface area contributed by atoms with Crippen LogP contribution in [0.25, 0.3) is 0 Å². The fourth-order valence-corrected chi connectivity index (χ4v) is 3.04. The average molecular weight is 426 g/mol. The Kier molecular flexibility index (Phi) is 6.33. The van der Waals surface area contributed by atoms with Gasteiger partial charge in [0, 0.05) is 22.9 Å². The minimum Gasteiger partial charge on any atom is -0.377 e. The molecule has 1 amide bonds. The molecule has 2 rings (SSSR count). The van der Waals surface area contributed by atoms with Crippen molar-refractivity contribution in [3.63, 3.8) is 0 Å². The van der Waals surface area contributed by atoms with Crippen molar-refractivity contribution >= 4 is 49.4 Å². The van der Waals surface area contributed by atoms with Crippen LogP contribution in [0.5, 0.6) is 0 Å². The highest BCUT2D eigenvalue weighted by Gasteiger charge is 2.25. The van der Waals surface area contributed by atoms with Crippen LogP contribution < -0.4 is 0 Å². The third kappa shape index (κ3) is 3.97. The third-order valence-corrected chi connectivity index (χ3v) is 4.96. The second-order valence-electron chi connectivity index (χ2n) is 4.65. The van der Waals surface area contributed by atoms with E-state index in [1.807, 2.05) is 17.0 Å². The van der Waals surface area contributed by atoms with Crippen LogP contribution in [0, 0.1) is 0 Å². The van der Waals surface area contributed by atoms with Gasteiger partial charge in [-0.25, -0.2) is 0 Å². The van der Waals surface area contributed by atoms with Gasteiger partial charge in [0.25, 0.3) is 5.91 Å². The maximum atomic E-state index is 12.5. The minimum absolute atomic E-state index is 0.00441. The summed E-state index contributed by atoms with van der Waals surface area (Å²) in [6, 6.07) is 5.43. The van der Waals surface area contributed by atoms with Crippen LogP contribution in [-0.4, -0.2) is 41.9 Å². The Hall–Kier alpha value is -0.100. The van der Waals surface area contributed by atoms with Gasteiger partial charge in [0.15, 0.2) is 0 Å². The molecule has 6 heteroatoms. The highest BCUT2D eigenvalue weighted by Crippen LogP contribution is 2.28. The number of nitrogens with zero attached hydrogens (tertiary/aromatic N) is 1. The molecule has 110 valence electrons. The average Bonchev–Trinajstić information content (AvgIpc) is 2.48. The maximum Gasteiger partial charge on any atom is 0.255 e. The second kappa shape index (κ2) is 7.78. The summed E-state index contributed by atoms with van der Waals surface area (Å²) in [7, 11) is 0. The Morgan fingerprint density at radius 1 is 1.40 bits per heavy atom. The number of rotatable bonds is 4. The largest absolute Gasteiger partial charge is 0.377 e. The van der Waals surface area contributed by atoms with Crippen molar-refractivity contribution in [3.8, 4) is 0 Å². The molecule has 1 aromatic carbocycles. The zero-order valence-electron chi connectivity index (χ0n) is 10.9. The summed E-state index contributed by atoms with van der Waals surface area (Å²) in [5.74, 6) is -0.00441. The normalized spacial score (nSPS) is 16.4. The first-order valence-corrected chi connectivity index (χ1v) is 8.83. The van der Waals surface area contributed by atoms with Crippen molar-refractivity contribution < 1.29 is 9.53 Å². The molecule has 0 saturated carbocycles. The van der Waals surface area contributed by atoms with E-state index in [1.54, 1.807) is 6.07 Å². The predicted octanol–water partition coefficient (Wildman–Crippen LogP) is 4.12. The van der Waals surface area contributed by atoms with Gasteiger partial charge in [0.1, 0.15) is 0 Å². The van der Waals surface area contributed by atoms with E-state index in [0.29, 0.717) is 23.7 Å². The van der Waals surface area contributed by atoms with E-state index in [2.05, 4.69) is 31.9 Å². The number of amides is 1. The van der Waals surface area contributed by atoms with Gasteiger partial charge in [0.05, 0.1) is 23.3 Å². The first kappa shape index (κ1) is 16.3. The molecule has 0 unspecified atom stereocenters. The smallest absolute Gasteiger partial charge is 0.255 e. The Balaban J connectivity index is 1.96. The van der Waals surface area contributed by atoms with E-state index in [9.17, 15) is 4.79 Å². The molecule has 1 aromatic rings. The fourth-order valence-electron chi connectivity index (χ4n) is 2.28. The number of piperidine rings is 1. The molecule has 1 saturated heterocycles. The van der Waals surface area contributed by atoms with Crippen LogP contribution in [0.1, 0.15) is 23.2 Å². The Bertz CT molecular complexity index is 476. The Morgan fingerprint density at radius 3 is 2.75 bits per heavy atom. The molecular formula is C14H16Br2ClNO2. The van der Waals surface area contributed by atoms with Gasteiger partial charge in [0.2, 0.25) is 0 Å². The number of hydrogen-bond donors (Lipinski definition) is 0. The molecule has 1 heterocycles. The summed E-state index contributed by atoms with van der Waals surface area (Å²) in [5, 5.41) is 1.33. The number of carbonyl (C=O) groups is 1. The molecule has 0 bridgehead atoms. The lowest BCUT2D eigenvalue weighted by atomic mass is 10.1. The van der Waals surface area contributed by atoms with Crippen molar-refractivity contribution in [1.82, 2.24) is 4.90 Å². The highest BCUT2D eigenvalue weighted by molar-refractivity contribution is 9.10.